The van der Waals surface area contributed by atoms with Gasteiger partial charge in [0.2, 0.25) is 0 Å². The molecule has 0 unspecified atom stereocenters. The Morgan fingerprint density at radius 3 is 2.22 bits per heavy atom. The quantitative estimate of drug-likeness (QED) is 0.835. The minimum Gasteiger partial charge on any atom is -0.481 e. The molecule has 2 N–H and O–H groups in total. The fourth-order valence-corrected chi connectivity index (χ4v) is 1.96. The molecule has 1 saturated carbocycles. The number of carboxylic acid groups (broad SMARTS) is 2. The molecule has 0 saturated heterocycles. The van der Waals surface area contributed by atoms with Crippen LogP contribution in [0.25, 0.3) is 6.08 Å². The summed E-state index contributed by atoms with van der Waals surface area (Å²) in [4.78, 5) is 21.5. The Labute approximate surface area is 105 Å². The number of carboxylic acids is 2. The van der Waals surface area contributed by atoms with Gasteiger partial charge >= 0.3 is 11.9 Å². The maximum atomic E-state index is 11.1. The molecule has 0 bridgehead atoms. The highest BCUT2D eigenvalue weighted by Crippen LogP contribution is 2.48. The number of carbonyl (C=O) groups is 2. The summed E-state index contributed by atoms with van der Waals surface area (Å²) in [6, 6.07) is 7.25. The molecular formula is C14H14O4. The topological polar surface area (TPSA) is 74.6 Å². The first-order chi connectivity index (χ1) is 8.54. The summed E-state index contributed by atoms with van der Waals surface area (Å²) >= 11 is 0. The molecule has 0 amide bonds. The molecule has 0 aliphatic heterocycles. The Kier molecular flexibility index (Phi) is 3.19. The van der Waals surface area contributed by atoms with E-state index < -0.39 is 17.4 Å². The van der Waals surface area contributed by atoms with E-state index in [4.69, 9.17) is 10.2 Å². The third kappa shape index (κ3) is 2.42. The van der Waals surface area contributed by atoms with Gasteiger partial charge in [-0.25, -0.2) is 0 Å². The van der Waals surface area contributed by atoms with Crippen LogP contribution in [0.3, 0.4) is 0 Å². The molecule has 18 heavy (non-hydrogen) atoms. The molecule has 0 radical (unpaired) electrons. The van der Waals surface area contributed by atoms with Crippen LogP contribution < -0.4 is 0 Å². The van der Waals surface area contributed by atoms with Gasteiger partial charge in [-0.15, -0.1) is 0 Å². The van der Waals surface area contributed by atoms with Gasteiger partial charge in [0.1, 0.15) is 0 Å². The molecule has 2 rings (SSSR count). The maximum absolute atomic E-state index is 11.1. The maximum Gasteiger partial charge on any atom is 0.314 e. The third-order valence-corrected chi connectivity index (χ3v) is 3.23. The van der Waals surface area contributed by atoms with E-state index in [1.54, 1.807) is 12.2 Å². The number of hydrogen-bond acceptors (Lipinski definition) is 2. The Morgan fingerprint density at radius 1 is 1.17 bits per heavy atom. The Morgan fingerprint density at radius 2 is 1.78 bits per heavy atom. The van der Waals surface area contributed by atoms with E-state index >= 15 is 0 Å². The molecule has 0 atom stereocenters. The standard InChI is InChI=1S/C14H14O4/c15-12(16)3-1-2-10-4-6-11(7-5-10)14(8-9-14)13(17)18/h1-2,4-7H,3,8-9H2,(H,15,16)(H,17,18). The van der Waals surface area contributed by atoms with E-state index in [-0.39, 0.29) is 6.42 Å². The summed E-state index contributed by atoms with van der Waals surface area (Å²) < 4.78 is 0. The number of rotatable bonds is 5. The van der Waals surface area contributed by atoms with Crippen LogP contribution in [0.4, 0.5) is 0 Å². The number of benzene rings is 1. The third-order valence-electron chi connectivity index (χ3n) is 3.23. The van der Waals surface area contributed by atoms with Gasteiger partial charge in [-0.1, -0.05) is 36.4 Å². The lowest BCUT2D eigenvalue weighted by Crippen LogP contribution is -2.19. The Balaban J connectivity index is 2.09. The molecule has 0 aromatic heterocycles. The molecule has 4 heteroatoms. The van der Waals surface area contributed by atoms with Crippen LogP contribution in [-0.4, -0.2) is 22.2 Å². The van der Waals surface area contributed by atoms with Gasteiger partial charge in [-0.3, -0.25) is 9.59 Å². The van der Waals surface area contributed by atoms with E-state index in [0.717, 1.165) is 11.1 Å². The first kappa shape index (κ1) is 12.4. The molecule has 4 nitrogen and oxygen atoms in total. The van der Waals surface area contributed by atoms with Gasteiger partial charge < -0.3 is 10.2 Å². The van der Waals surface area contributed by atoms with Crippen LogP contribution in [0, 0.1) is 0 Å². The van der Waals surface area contributed by atoms with Crippen molar-refractivity contribution in [3.8, 4) is 0 Å². The number of hydrogen-bond donors (Lipinski definition) is 2. The lowest BCUT2D eigenvalue weighted by Gasteiger charge is -2.09. The highest BCUT2D eigenvalue weighted by Gasteiger charge is 2.51. The van der Waals surface area contributed by atoms with Gasteiger partial charge in [-0.2, -0.15) is 0 Å². The minimum atomic E-state index is -0.870. The lowest BCUT2D eigenvalue weighted by atomic mass is 9.95. The van der Waals surface area contributed by atoms with Crippen LogP contribution in [0.15, 0.2) is 30.3 Å². The summed E-state index contributed by atoms with van der Waals surface area (Å²) in [6.45, 7) is 0. The summed E-state index contributed by atoms with van der Waals surface area (Å²) in [5.74, 6) is -1.64. The van der Waals surface area contributed by atoms with Gasteiger partial charge in [-0.05, 0) is 24.0 Å². The highest BCUT2D eigenvalue weighted by atomic mass is 16.4. The van der Waals surface area contributed by atoms with E-state index in [9.17, 15) is 9.59 Å². The van der Waals surface area contributed by atoms with Gasteiger partial charge in [0, 0.05) is 0 Å². The number of aliphatic carboxylic acids is 2. The van der Waals surface area contributed by atoms with Crippen molar-refractivity contribution < 1.29 is 19.8 Å². The molecule has 1 fully saturated rings. The normalized spacial score (nSPS) is 16.7. The zero-order valence-corrected chi connectivity index (χ0v) is 9.80. The minimum absolute atomic E-state index is 0.0131. The molecular weight excluding hydrogens is 232 g/mol. The largest absolute Gasteiger partial charge is 0.481 e. The monoisotopic (exact) mass is 246 g/mol. The van der Waals surface area contributed by atoms with Crippen LogP contribution in [0.1, 0.15) is 30.4 Å². The molecule has 1 aromatic carbocycles. The summed E-state index contributed by atoms with van der Waals surface area (Å²) in [7, 11) is 0. The van der Waals surface area contributed by atoms with Crippen LogP contribution in [0.5, 0.6) is 0 Å². The molecule has 1 aliphatic rings. The van der Waals surface area contributed by atoms with E-state index in [1.165, 1.54) is 0 Å². The highest BCUT2D eigenvalue weighted by molar-refractivity contribution is 5.85. The second-order valence-corrected chi connectivity index (χ2v) is 4.51. The predicted octanol–water partition coefficient (Wildman–Crippen LogP) is 2.29. The summed E-state index contributed by atoms with van der Waals surface area (Å²) in [6.07, 6.45) is 4.66. The molecule has 0 spiro atoms. The Hall–Kier alpha value is -2.10. The fourth-order valence-electron chi connectivity index (χ4n) is 1.96. The van der Waals surface area contributed by atoms with Crippen molar-refractivity contribution in [2.75, 3.05) is 0 Å². The van der Waals surface area contributed by atoms with E-state index in [0.29, 0.717) is 12.8 Å². The van der Waals surface area contributed by atoms with Crippen molar-refractivity contribution in [1.29, 1.82) is 0 Å². The zero-order chi connectivity index (χ0) is 13.2. The lowest BCUT2D eigenvalue weighted by molar-refractivity contribution is -0.140. The van der Waals surface area contributed by atoms with Crippen LogP contribution in [0.2, 0.25) is 0 Å². The fraction of sp³-hybridized carbons (Fsp3) is 0.286. The average molecular weight is 246 g/mol. The van der Waals surface area contributed by atoms with Crippen molar-refractivity contribution in [1.82, 2.24) is 0 Å². The van der Waals surface area contributed by atoms with E-state index in [2.05, 4.69) is 0 Å². The second-order valence-electron chi connectivity index (χ2n) is 4.51. The van der Waals surface area contributed by atoms with Crippen LogP contribution in [-0.2, 0) is 15.0 Å². The van der Waals surface area contributed by atoms with Gasteiger partial charge in [0.15, 0.2) is 0 Å². The smallest absolute Gasteiger partial charge is 0.314 e. The SMILES string of the molecule is O=C(O)CC=Cc1ccc(C2(C(=O)O)CC2)cc1. The molecule has 0 heterocycles. The molecule has 1 aliphatic carbocycles. The first-order valence-electron chi connectivity index (χ1n) is 5.77. The summed E-state index contributed by atoms with van der Waals surface area (Å²) in [5.41, 5.74) is 1.02. The first-order valence-corrected chi connectivity index (χ1v) is 5.77. The van der Waals surface area contributed by atoms with Gasteiger partial charge in [0.25, 0.3) is 0 Å². The van der Waals surface area contributed by atoms with Gasteiger partial charge in [0.05, 0.1) is 11.8 Å². The Bertz CT molecular complexity index is 495. The second kappa shape index (κ2) is 4.64. The van der Waals surface area contributed by atoms with Crippen molar-refractivity contribution >= 4 is 18.0 Å². The molecule has 1 aromatic rings. The van der Waals surface area contributed by atoms with Crippen molar-refractivity contribution in [2.45, 2.75) is 24.7 Å². The van der Waals surface area contributed by atoms with Crippen molar-refractivity contribution in [2.24, 2.45) is 0 Å². The average Bonchev–Trinajstić information content (AvgIpc) is 3.10. The van der Waals surface area contributed by atoms with Crippen molar-refractivity contribution in [3.05, 3.63) is 41.5 Å². The predicted molar refractivity (Wildman–Crippen MR) is 66.3 cm³/mol. The van der Waals surface area contributed by atoms with Crippen LogP contribution >= 0.6 is 0 Å². The van der Waals surface area contributed by atoms with Crippen molar-refractivity contribution in [3.63, 3.8) is 0 Å². The zero-order valence-electron chi connectivity index (χ0n) is 9.80. The molecule has 94 valence electrons. The van der Waals surface area contributed by atoms with E-state index in [1.807, 2.05) is 24.3 Å². The summed E-state index contributed by atoms with van der Waals surface area (Å²) in [5, 5.41) is 17.6.